The van der Waals surface area contributed by atoms with Crippen LogP contribution in [0.1, 0.15) is 22.4 Å². The molecular weight excluding hydrogens is 246 g/mol. The minimum atomic E-state index is 0.258. The van der Waals surface area contributed by atoms with Gasteiger partial charge >= 0.3 is 0 Å². The van der Waals surface area contributed by atoms with Crippen molar-refractivity contribution in [2.75, 3.05) is 20.6 Å². The first-order valence-electron chi connectivity index (χ1n) is 5.98. The van der Waals surface area contributed by atoms with Crippen molar-refractivity contribution in [3.8, 4) is 0 Å². The Morgan fingerprint density at radius 2 is 2.33 bits per heavy atom. The fourth-order valence-corrected chi connectivity index (χ4v) is 2.58. The van der Waals surface area contributed by atoms with Crippen molar-refractivity contribution in [2.45, 2.75) is 19.5 Å². The molecule has 18 heavy (non-hydrogen) atoms. The van der Waals surface area contributed by atoms with Crippen molar-refractivity contribution in [3.63, 3.8) is 0 Å². The third kappa shape index (κ3) is 3.19. The van der Waals surface area contributed by atoms with Gasteiger partial charge in [0.2, 0.25) is 0 Å². The molecule has 0 amide bonds. The van der Waals surface area contributed by atoms with Crippen LogP contribution >= 0.6 is 11.3 Å². The summed E-state index contributed by atoms with van der Waals surface area (Å²) in [6.07, 6.45) is 1.72. The topological polar surface area (TPSA) is 41.3 Å². The maximum absolute atomic E-state index is 5.48. The van der Waals surface area contributed by atoms with E-state index >= 15 is 0 Å². The molecule has 4 nitrogen and oxygen atoms in total. The van der Waals surface area contributed by atoms with Crippen LogP contribution in [0.15, 0.2) is 28.3 Å². The Labute approximate surface area is 112 Å². The van der Waals surface area contributed by atoms with Gasteiger partial charge in [-0.1, -0.05) is 0 Å². The molecule has 98 valence electrons. The minimum absolute atomic E-state index is 0.258. The molecule has 1 atom stereocenters. The van der Waals surface area contributed by atoms with Crippen LogP contribution in [0.25, 0.3) is 0 Å². The predicted octanol–water partition coefficient (Wildman–Crippen LogP) is 2.44. The lowest BCUT2D eigenvalue weighted by Gasteiger charge is -2.22. The number of hydrogen-bond donors (Lipinski definition) is 1. The van der Waals surface area contributed by atoms with E-state index in [1.54, 1.807) is 17.6 Å². The molecule has 2 heterocycles. The van der Waals surface area contributed by atoms with Crippen molar-refractivity contribution >= 4 is 11.3 Å². The second-order valence-electron chi connectivity index (χ2n) is 4.49. The molecule has 0 bridgehead atoms. The highest BCUT2D eigenvalue weighted by molar-refractivity contribution is 7.09. The second-order valence-corrected chi connectivity index (χ2v) is 5.43. The van der Waals surface area contributed by atoms with Crippen molar-refractivity contribution in [1.29, 1.82) is 0 Å². The van der Waals surface area contributed by atoms with E-state index < -0.39 is 0 Å². The Kier molecular flexibility index (Phi) is 4.52. The number of aromatic nitrogens is 1. The largest absolute Gasteiger partial charge is 0.468 e. The van der Waals surface area contributed by atoms with Gasteiger partial charge in [0.25, 0.3) is 0 Å². The summed E-state index contributed by atoms with van der Waals surface area (Å²) < 4.78 is 5.48. The van der Waals surface area contributed by atoms with E-state index in [0.717, 1.165) is 24.5 Å². The van der Waals surface area contributed by atoms with Gasteiger partial charge in [0.1, 0.15) is 5.76 Å². The molecular formula is C13H19N3OS. The monoisotopic (exact) mass is 265 g/mol. The minimum Gasteiger partial charge on any atom is -0.468 e. The molecule has 0 aliphatic heterocycles. The summed E-state index contributed by atoms with van der Waals surface area (Å²) in [6.45, 7) is 3.77. The summed E-state index contributed by atoms with van der Waals surface area (Å²) in [5, 5.41) is 3.47. The van der Waals surface area contributed by atoms with E-state index in [1.165, 1.54) is 4.88 Å². The predicted molar refractivity (Wildman–Crippen MR) is 73.7 cm³/mol. The van der Waals surface area contributed by atoms with E-state index in [9.17, 15) is 0 Å². The van der Waals surface area contributed by atoms with Crippen LogP contribution in [0.2, 0.25) is 0 Å². The molecule has 1 N–H and O–H groups in total. The van der Waals surface area contributed by atoms with Gasteiger partial charge < -0.3 is 9.73 Å². The smallest absolute Gasteiger partial charge is 0.122 e. The molecule has 2 aromatic heterocycles. The number of hydrogen-bond acceptors (Lipinski definition) is 5. The Hall–Kier alpha value is -1.17. The van der Waals surface area contributed by atoms with Gasteiger partial charge in [0.15, 0.2) is 0 Å². The van der Waals surface area contributed by atoms with Gasteiger partial charge in [0.05, 0.1) is 23.5 Å². The fraction of sp³-hybridized carbons (Fsp3) is 0.462. The summed E-state index contributed by atoms with van der Waals surface area (Å²) >= 11 is 1.70. The molecule has 0 spiro atoms. The van der Waals surface area contributed by atoms with Crippen molar-refractivity contribution in [2.24, 2.45) is 0 Å². The summed E-state index contributed by atoms with van der Waals surface area (Å²) in [6, 6.07) is 4.21. The fourth-order valence-electron chi connectivity index (χ4n) is 1.84. The third-order valence-electron chi connectivity index (χ3n) is 2.96. The molecule has 0 aliphatic rings. The van der Waals surface area contributed by atoms with Gasteiger partial charge in [-0.15, -0.1) is 11.3 Å². The summed E-state index contributed by atoms with van der Waals surface area (Å²) in [7, 11) is 4.12. The van der Waals surface area contributed by atoms with Gasteiger partial charge in [-0.2, -0.15) is 0 Å². The maximum atomic E-state index is 5.48. The van der Waals surface area contributed by atoms with E-state index in [2.05, 4.69) is 29.3 Å². The van der Waals surface area contributed by atoms with Crippen molar-refractivity contribution in [1.82, 2.24) is 15.2 Å². The number of furan rings is 1. The van der Waals surface area contributed by atoms with Crippen LogP contribution in [-0.2, 0) is 6.54 Å². The second kappa shape index (κ2) is 6.13. The SMILES string of the molecule is Cc1ncsc1CNCC(c1ccco1)N(C)C. The Balaban J connectivity index is 1.89. The first kappa shape index (κ1) is 13.3. The highest BCUT2D eigenvalue weighted by Gasteiger charge is 2.16. The van der Waals surface area contributed by atoms with Gasteiger partial charge in [0, 0.05) is 18.0 Å². The van der Waals surface area contributed by atoms with Gasteiger partial charge in [-0.3, -0.25) is 4.90 Å². The molecule has 0 fully saturated rings. The first-order chi connectivity index (χ1) is 8.68. The van der Waals surface area contributed by atoms with Gasteiger partial charge in [-0.05, 0) is 33.2 Å². The van der Waals surface area contributed by atoms with Gasteiger partial charge in [-0.25, -0.2) is 4.98 Å². The number of nitrogens with zero attached hydrogens (tertiary/aromatic N) is 2. The lowest BCUT2D eigenvalue weighted by molar-refractivity contribution is 0.250. The third-order valence-corrected chi connectivity index (χ3v) is 3.90. The van der Waals surface area contributed by atoms with Crippen LogP contribution in [0, 0.1) is 6.92 Å². The molecule has 0 saturated heterocycles. The number of rotatable bonds is 6. The summed E-state index contributed by atoms with van der Waals surface area (Å²) in [5.41, 5.74) is 3.01. The molecule has 2 rings (SSSR count). The Morgan fingerprint density at radius 3 is 2.89 bits per heavy atom. The Morgan fingerprint density at radius 1 is 1.50 bits per heavy atom. The number of thiazole rings is 1. The number of likely N-dealkylation sites (N-methyl/N-ethyl adjacent to an activating group) is 1. The Bertz CT molecular complexity index is 464. The normalized spacial score (nSPS) is 13.1. The molecule has 0 aliphatic carbocycles. The lowest BCUT2D eigenvalue weighted by Crippen LogP contribution is -2.30. The van der Waals surface area contributed by atoms with Crippen LogP contribution in [-0.4, -0.2) is 30.5 Å². The standard InChI is InChI=1S/C13H19N3OS/c1-10-13(18-9-15-10)8-14-7-11(16(2)3)12-5-4-6-17-12/h4-6,9,11,14H,7-8H2,1-3H3. The zero-order chi connectivity index (χ0) is 13.0. The van der Waals surface area contributed by atoms with E-state index in [-0.39, 0.29) is 6.04 Å². The van der Waals surface area contributed by atoms with Crippen LogP contribution < -0.4 is 5.32 Å². The lowest BCUT2D eigenvalue weighted by atomic mass is 10.2. The molecule has 0 radical (unpaired) electrons. The van der Waals surface area contributed by atoms with Crippen LogP contribution in [0.4, 0.5) is 0 Å². The zero-order valence-electron chi connectivity index (χ0n) is 11.0. The highest BCUT2D eigenvalue weighted by Crippen LogP contribution is 2.18. The molecule has 5 heteroatoms. The number of aryl methyl sites for hydroxylation is 1. The quantitative estimate of drug-likeness (QED) is 0.871. The average Bonchev–Trinajstić information content (AvgIpc) is 2.96. The summed E-state index contributed by atoms with van der Waals surface area (Å²) in [4.78, 5) is 7.71. The van der Waals surface area contributed by atoms with E-state index in [1.807, 2.05) is 24.6 Å². The number of nitrogens with one attached hydrogen (secondary N) is 1. The molecule has 1 unspecified atom stereocenters. The van der Waals surface area contributed by atoms with Crippen molar-refractivity contribution < 1.29 is 4.42 Å². The maximum Gasteiger partial charge on any atom is 0.122 e. The molecule has 0 aromatic carbocycles. The first-order valence-corrected chi connectivity index (χ1v) is 6.86. The molecule has 2 aromatic rings. The summed E-state index contributed by atoms with van der Waals surface area (Å²) in [5.74, 6) is 0.994. The molecule has 0 saturated carbocycles. The highest BCUT2D eigenvalue weighted by atomic mass is 32.1. The van der Waals surface area contributed by atoms with E-state index in [0.29, 0.717) is 0 Å². The van der Waals surface area contributed by atoms with Crippen LogP contribution in [0.3, 0.4) is 0 Å². The average molecular weight is 265 g/mol. The van der Waals surface area contributed by atoms with Crippen LogP contribution in [0.5, 0.6) is 0 Å². The van der Waals surface area contributed by atoms with E-state index in [4.69, 9.17) is 4.42 Å². The van der Waals surface area contributed by atoms with Crippen molar-refractivity contribution in [3.05, 3.63) is 40.2 Å². The zero-order valence-corrected chi connectivity index (χ0v) is 11.8.